The first-order chi connectivity index (χ1) is 10.2. The molecule has 0 N–H and O–H groups in total. The van der Waals surface area contributed by atoms with Crippen molar-refractivity contribution in [3.8, 4) is 11.1 Å². The smallest absolute Gasteiger partial charge is 0.135 e. The van der Waals surface area contributed by atoms with Crippen molar-refractivity contribution in [2.75, 3.05) is 0 Å². The molecular formula is C20H20O. The van der Waals surface area contributed by atoms with Gasteiger partial charge in [0.05, 0.1) is 0 Å². The minimum atomic E-state index is 0.910. The van der Waals surface area contributed by atoms with Gasteiger partial charge in [-0.15, -0.1) is 0 Å². The van der Waals surface area contributed by atoms with E-state index in [2.05, 4.69) is 62.9 Å². The summed E-state index contributed by atoms with van der Waals surface area (Å²) in [5.41, 5.74) is 5.91. The van der Waals surface area contributed by atoms with Crippen LogP contribution in [0.3, 0.4) is 0 Å². The highest BCUT2D eigenvalue weighted by Gasteiger charge is 2.12. The van der Waals surface area contributed by atoms with E-state index in [1.54, 1.807) is 0 Å². The lowest BCUT2D eigenvalue weighted by Crippen LogP contribution is -1.84. The van der Waals surface area contributed by atoms with Crippen LogP contribution in [0, 0.1) is 6.92 Å². The third kappa shape index (κ3) is 2.52. The highest BCUT2D eigenvalue weighted by molar-refractivity contribution is 5.88. The summed E-state index contributed by atoms with van der Waals surface area (Å²) in [7, 11) is 0. The van der Waals surface area contributed by atoms with E-state index in [0.29, 0.717) is 0 Å². The van der Waals surface area contributed by atoms with Crippen molar-refractivity contribution in [3.63, 3.8) is 0 Å². The van der Waals surface area contributed by atoms with Gasteiger partial charge in [-0.1, -0.05) is 61.9 Å². The van der Waals surface area contributed by atoms with Crippen molar-refractivity contribution in [2.45, 2.75) is 26.7 Å². The van der Waals surface area contributed by atoms with E-state index in [1.807, 2.05) is 6.08 Å². The fraction of sp³-hybridized carbons (Fsp3) is 0.200. The Morgan fingerprint density at radius 2 is 1.76 bits per heavy atom. The Morgan fingerprint density at radius 3 is 2.43 bits per heavy atom. The predicted octanol–water partition coefficient (Wildman–Crippen LogP) is 6.00. The van der Waals surface area contributed by atoms with Gasteiger partial charge < -0.3 is 4.42 Å². The lowest BCUT2D eigenvalue weighted by atomic mass is 10.0. The normalized spacial score (nSPS) is 11.0. The van der Waals surface area contributed by atoms with Gasteiger partial charge >= 0.3 is 0 Å². The monoisotopic (exact) mass is 276 g/mol. The molecule has 106 valence electrons. The maximum Gasteiger partial charge on any atom is 0.135 e. The Labute approximate surface area is 125 Å². The summed E-state index contributed by atoms with van der Waals surface area (Å²) in [5, 5.41) is 1.21. The molecule has 0 unspecified atom stereocenters. The summed E-state index contributed by atoms with van der Waals surface area (Å²) >= 11 is 0. The third-order valence-electron chi connectivity index (χ3n) is 3.89. The van der Waals surface area contributed by atoms with E-state index >= 15 is 0 Å². The maximum absolute atomic E-state index is 5.97. The molecular weight excluding hydrogens is 256 g/mol. The number of rotatable bonds is 4. The molecule has 0 saturated heterocycles. The van der Waals surface area contributed by atoms with Gasteiger partial charge in [0.15, 0.2) is 0 Å². The quantitative estimate of drug-likeness (QED) is 0.569. The molecule has 0 saturated carbocycles. The second kappa shape index (κ2) is 5.61. The van der Waals surface area contributed by atoms with Crippen LogP contribution in [0.15, 0.2) is 53.5 Å². The predicted molar refractivity (Wildman–Crippen MR) is 90.5 cm³/mol. The van der Waals surface area contributed by atoms with Crippen LogP contribution < -0.4 is 0 Å². The minimum absolute atomic E-state index is 0.910. The van der Waals surface area contributed by atoms with Crippen LogP contribution in [-0.4, -0.2) is 0 Å². The molecule has 0 aliphatic carbocycles. The van der Waals surface area contributed by atoms with Gasteiger partial charge in [0.2, 0.25) is 0 Å². The molecule has 0 spiro atoms. The highest BCUT2D eigenvalue weighted by Crippen LogP contribution is 2.31. The molecule has 1 heterocycles. The number of hydrogen-bond donors (Lipinski definition) is 0. The zero-order valence-corrected chi connectivity index (χ0v) is 12.6. The molecule has 21 heavy (non-hydrogen) atoms. The van der Waals surface area contributed by atoms with Crippen molar-refractivity contribution < 1.29 is 4.42 Å². The number of hydrogen-bond acceptors (Lipinski definition) is 1. The lowest BCUT2D eigenvalue weighted by molar-refractivity contribution is 0.598. The number of benzene rings is 2. The fourth-order valence-corrected chi connectivity index (χ4v) is 2.77. The summed E-state index contributed by atoms with van der Waals surface area (Å²) in [6.45, 7) is 8.16. The van der Waals surface area contributed by atoms with Crippen LogP contribution in [0.5, 0.6) is 0 Å². The van der Waals surface area contributed by atoms with E-state index in [0.717, 1.165) is 24.2 Å². The van der Waals surface area contributed by atoms with Gasteiger partial charge in [-0.3, -0.25) is 0 Å². The van der Waals surface area contributed by atoms with Crippen LogP contribution >= 0.6 is 0 Å². The van der Waals surface area contributed by atoms with Gasteiger partial charge in [0, 0.05) is 10.9 Å². The number of aryl methyl sites for hydroxylation is 2. The average molecular weight is 276 g/mol. The average Bonchev–Trinajstić information content (AvgIpc) is 2.85. The van der Waals surface area contributed by atoms with Crippen molar-refractivity contribution >= 4 is 17.0 Å². The van der Waals surface area contributed by atoms with Crippen LogP contribution in [0.25, 0.3) is 28.2 Å². The van der Waals surface area contributed by atoms with Gasteiger partial charge in [-0.05, 0) is 36.6 Å². The lowest BCUT2D eigenvalue weighted by Gasteiger charge is -2.02. The summed E-state index contributed by atoms with van der Waals surface area (Å²) < 4.78 is 5.97. The van der Waals surface area contributed by atoms with Gasteiger partial charge in [-0.25, -0.2) is 0 Å². The van der Waals surface area contributed by atoms with Crippen molar-refractivity contribution in [1.29, 1.82) is 0 Å². The molecule has 1 nitrogen and oxygen atoms in total. The Morgan fingerprint density at radius 1 is 1.05 bits per heavy atom. The molecule has 0 atom stereocenters. The van der Waals surface area contributed by atoms with E-state index in [9.17, 15) is 0 Å². The Kier molecular flexibility index (Phi) is 3.66. The zero-order valence-electron chi connectivity index (χ0n) is 12.6. The van der Waals surface area contributed by atoms with Crippen LogP contribution in [0.1, 0.15) is 30.2 Å². The van der Waals surface area contributed by atoms with E-state index in [4.69, 9.17) is 4.42 Å². The van der Waals surface area contributed by atoms with Crippen LogP contribution in [0.2, 0.25) is 0 Å². The van der Waals surface area contributed by atoms with Crippen molar-refractivity contribution in [3.05, 3.63) is 65.9 Å². The zero-order chi connectivity index (χ0) is 14.8. The SMILES string of the molecule is C=Cc1oc2cc(-c3ccc(C)cc3)ccc2c1CCC. The maximum atomic E-state index is 5.97. The molecule has 0 fully saturated rings. The van der Waals surface area contributed by atoms with Crippen molar-refractivity contribution in [1.82, 2.24) is 0 Å². The summed E-state index contributed by atoms with van der Waals surface area (Å²) in [6.07, 6.45) is 3.95. The van der Waals surface area contributed by atoms with Crippen LogP contribution in [-0.2, 0) is 6.42 Å². The first kappa shape index (κ1) is 13.7. The first-order valence-corrected chi connectivity index (χ1v) is 7.48. The topological polar surface area (TPSA) is 13.1 Å². The van der Waals surface area contributed by atoms with Gasteiger partial charge in [-0.2, -0.15) is 0 Å². The highest BCUT2D eigenvalue weighted by atomic mass is 16.3. The molecule has 0 bridgehead atoms. The molecule has 1 aromatic heterocycles. The number of fused-ring (bicyclic) bond motifs is 1. The molecule has 3 rings (SSSR count). The molecule has 1 heteroatoms. The molecule has 0 radical (unpaired) electrons. The first-order valence-electron chi connectivity index (χ1n) is 7.48. The largest absolute Gasteiger partial charge is 0.456 e. The Hall–Kier alpha value is -2.28. The third-order valence-corrected chi connectivity index (χ3v) is 3.89. The molecule has 0 aliphatic heterocycles. The molecule has 3 aromatic rings. The Balaban J connectivity index is 2.12. The van der Waals surface area contributed by atoms with E-state index in [-0.39, 0.29) is 0 Å². The van der Waals surface area contributed by atoms with Crippen molar-refractivity contribution in [2.24, 2.45) is 0 Å². The summed E-state index contributed by atoms with van der Waals surface area (Å²) in [5.74, 6) is 0.910. The Bertz CT molecular complexity index is 775. The molecule has 0 aliphatic rings. The van der Waals surface area contributed by atoms with Crippen LogP contribution in [0.4, 0.5) is 0 Å². The van der Waals surface area contributed by atoms with Gasteiger partial charge in [0.25, 0.3) is 0 Å². The fourth-order valence-electron chi connectivity index (χ4n) is 2.77. The van der Waals surface area contributed by atoms with Gasteiger partial charge in [0.1, 0.15) is 11.3 Å². The minimum Gasteiger partial charge on any atom is -0.456 e. The van der Waals surface area contributed by atoms with E-state index < -0.39 is 0 Å². The number of furan rings is 1. The second-order valence-electron chi connectivity index (χ2n) is 5.48. The molecule has 0 amide bonds. The molecule has 2 aromatic carbocycles. The van der Waals surface area contributed by atoms with E-state index in [1.165, 1.54) is 27.6 Å². The summed E-state index contributed by atoms with van der Waals surface area (Å²) in [4.78, 5) is 0. The second-order valence-corrected chi connectivity index (χ2v) is 5.48. The summed E-state index contributed by atoms with van der Waals surface area (Å²) in [6, 6.07) is 15.1. The standard InChI is InChI=1S/C20H20O/c1-4-6-17-18-12-11-16(13-20(18)21-19(17)5-2)15-9-7-14(3)8-10-15/h5,7-13H,2,4,6H2,1,3H3.